The summed E-state index contributed by atoms with van der Waals surface area (Å²) in [5, 5.41) is 8.86. The van der Waals surface area contributed by atoms with Crippen molar-refractivity contribution in [3.05, 3.63) is 30.1 Å². The van der Waals surface area contributed by atoms with E-state index in [9.17, 15) is 4.79 Å². The number of hydrogen-bond donors (Lipinski definition) is 1. The number of aliphatic hydroxyl groups excluding tert-OH is 1. The normalized spacial score (nSPS) is 10.6. The summed E-state index contributed by atoms with van der Waals surface area (Å²) < 4.78 is 6.46. The van der Waals surface area contributed by atoms with E-state index < -0.39 is 0 Å². The van der Waals surface area contributed by atoms with Gasteiger partial charge in [0.25, 0.3) is 0 Å². The lowest BCUT2D eigenvalue weighted by Gasteiger charge is -2.02. The molecule has 1 heterocycles. The van der Waals surface area contributed by atoms with Crippen LogP contribution < -0.4 is 0 Å². The van der Waals surface area contributed by atoms with Crippen LogP contribution in [0.3, 0.4) is 0 Å². The Hall–Kier alpha value is -1.88. The van der Waals surface area contributed by atoms with E-state index in [-0.39, 0.29) is 12.6 Å². The molecule has 0 fully saturated rings. The van der Waals surface area contributed by atoms with Crippen molar-refractivity contribution < 1.29 is 14.6 Å². The van der Waals surface area contributed by atoms with Gasteiger partial charge in [-0.25, -0.2) is 9.78 Å². The molecule has 0 atom stereocenters. The molecular formula is C11H12N2O3. The molecule has 0 aliphatic rings. The van der Waals surface area contributed by atoms with Crippen LogP contribution in [0.4, 0.5) is 0 Å². The summed E-state index contributed by atoms with van der Waals surface area (Å²) in [4.78, 5) is 15.5. The van der Waals surface area contributed by atoms with Crippen molar-refractivity contribution in [2.45, 2.75) is 6.54 Å². The lowest BCUT2D eigenvalue weighted by Crippen LogP contribution is -2.02. The summed E-state index contributed by atoms with van der Waals surface area (Å²) in [6.45, 7) is 0.554. The first-order chi connectivity index (χ1) is 7.76. The number of carbonyl (C=O) groups is 1. The average Bonchev–Trinajstić information content (AvgIpc) is 2.71. The van der Waals surface area contributed by atoms with Gasteiger partial charge in [0.1, 0.15) is 0 Å². The zero-order valence-electron chi connectivity index (χ0n) is 8.88. The van der Waals surface area contributed by atoms with Crippen molar-refractivity contribution in [1.82, 2.24) is 9.55 Å². The molecule has 0 spiro atoms. The maximum Gasteiger partial charge on any atom is 0.337 e. The van der Waals surface area contributed by atoms with Crippen molar-refractivity contribution >= 4 is 17.0 Å². The fourth-order valence-corrected chi connectivity index (χ4v) is 1.59. The third-order valence-electron chi connectivity index (χ3n) is 2.38. The molecule has 0 radical (unpaired) electrons. The number of aromatic nitrogens is 2. The average molecular weight is 220 g/mol. The van der Waals surface area contributed by atoms with Gasteiger partial charge in [0.15, 0.2) is 0 Å². The number of esters is 1. The summed E-state index contributed by atoms with van der Waals surface area (Å²) in [5.74, 6) is -0.376. The Kier molecular flexibility index (Phi) is 2.87. The number of carbonyl (C=O) groups excluding carboxylic acids is 1. The molecule has 1 N–H and O–H groups in total. The van der Waals surface area contributed by atoms with Gasteiger partial charge in [0.05, 0.1) is 36.6 Å². The van der Waals surface area contributed by atoms with Crippen LogP contribution in [0.5, 0.6) is 0 Å². The van der Waals surface area contributed by atoms with Gasteiger partial charge < -0.3 is 14.4 Å². The van der Waals surface area contributed by atoms with E-state index in [2.05, 4.69) is 9.72 Å². The van der Waals surface area contributed by atoms with E-state index in [0.29, 0.717) is 12.1 Å². The molecule has 0 aliphatic carbocycles. The number of ether oxygens (including phenoxy) is 1. The fraction of sp³-hybridized carbons (Fsp3) is 0.273. The zero-order valence-corrected chi connectivity index (χ0v) is 8.88. The van der Waals surface area contributed by atoms with Crippen LogP contribution in [0, 0.1) is 0 Å². The second kappa shape index (κ2) is 4.32. The van der Waals surface area contributed by atoms with Crippen LogP contribution >= 0.6 is 0 Å². The first-order valence-electron chi connectivity index (χ1n) is 4.90. The van der Waals surface area contributed by atoms with E-state index >= 15 is 0 Å². The third-order valence-corrected chi connectivity index (χ3v) is 2.38. The van der Waals surface area contributed by atoms with Gasteiger partial charge in [0.2, 0.25) is 0 Å². The Bertz CT molecular complexity index is 519. The van der Waals surface area contributed by atoms with Crippen molar-refractivity contribution in [1.29, 1.82) is 0 Å². The third kappa shape index (κ3) is 1.77. The second-order valence-corrected chi connectivity index (χ2v) is 3.36. The molecule has 16 heavy (non-hydrogen) atoms. The first kappa shape index (κ1) is 10.6. The largest absolute Gasteiger partial charge is 0.465 e. The molecule has 0 aliphatic heterocycles. The number of fused-ring (bicyclic) bond motifs is 1. The van der Waals surface area contributed by atoms with Gasteiger partial charge in [-0.3, -0.25) is 0 Å². The molecule has 0 amide bonds. The summed E-state index contributed by atoms with van der Waals surface area (Å²) in [6.07, 6.45) is 1.64. The van der Waals surface area contributed by atoms with Crippen molar-refractivity contribution in [3.63, 3.8) is 0 Å². The van der Waals surface area contributed by atoms with Gasteiger partial charge in [0, 0.05) is 6.54 Å². The minimum Gasteiger partial charge on any atom is -0.465 e. The molecule has 2 rings (SSSR count). The van der Waals surface area contributed by atoms with Crippen molar-refractivity contribution in [3.8, 4) is 0 Å². The van der Waals surface area contributed by atoms with Gasteiger partial charge in [-0.05, 0) is 18.2 Å². The maximum absolute atomic E-state index is 11.3. The smallest absolute Gasteiger partial charge is 0.337 e. The highest BCUT2D eigenvalue weighted by Crippen LogP contribution is 2.15. The minimum absolute atomic E-state index is 0.0597. The number of nitrogens with zero attached hydrogens (tertiary/aromatic N) is 2. The van der Waals surface area contributed by atoms with E-state index in [1.165, 1.54) is 7.11 Å². The highest BCUT2D eigenvalue weighted by Gasteiger charge is 2.08. The van der Waals surface area contributed by atoms with Crippen LogP contribution in [0.1, 0.15) is 10.4 Å². The lowest BCUT2D eigenvalue weighted by molar-refractivity contribution is 0.0601. The minimum atomic E-state index is -0.376. The molecule has 5 nitrogen and oxygen atoms in total. The number of methoxy groups -OCH3 is 1. The Labute approximate surface area is 92.3 Å². The molecule has 0 saturated heterocycles. The van der Waals surface area contributed by atoms with Crippen LogP contribution in [-0.4, -0.2) is 34.3 Å². The Morgan fingerprint density at radius 3 is 3.06 bits per heavy atom. The predicted molar refractivity (Wildman–Crippen MR) is 58.2 cm³/mol. The van der Waals surface area contributed by atoms with Crippen LogP contribution in [-0.2, 0) is 11.3 Å². The van der Waals surface area contributed by atoms with Crippen LogP contribution in [0.15, 0.2) is 24.5 Å². The molecule has 0 unspecified atom stereocenters. The maximum atomic E-state index is 11.3. The number of imidazole rings is 1. The van der Waals surface area contributed by atoms with E-state index in [4.69, 9.17) is 5.11 Å². The molecule has 1 aromatic heterocycles. The molecule has 84 valence electrons. The van der Waals surface area contributed by atoms with E-state index in [0.717, 1.165) is 11.0 Å². The number of rotatable bonds is 3. The summed E-state index contributed by atoms with van der Waals surface area (Å²) in [5.41, 5.74) is 2.09. The van der Waals surface area contributed by atoms with Gasteiger partial charge in [-0.1, -0.05) is 0 Å². The Balaban J connectivity index is 2.44. The highest BCUT2D eigenvalue weighted by molar-refractivity contribution is 5.93. The molecule has 2 aromatic rings. The molecule has 5 heteroatoms. The number of benzene rings is 1. The SMILES string of the molecule is COC(=O)c1ccc2c(c1)ncn2CCO. The van der Waals surface area contributed by atoms with Crippen molar-refractivity contribution in [2.24, 2.45) is 0 Å². The zero-order chi connectivity index (χ0) is 11.5. The topological polar surface area (TPSA) is 64.3 Å². The van der Waals surface area contributed by atoms with Crippen LogP contribution in [0.25, 0.3) is 11.0 Å². The lowest BCUT2D eigenvalue weighted by atomic mass is 10.2. The Morgan fingerprint density at radius 2 is 2.38 bits per heavy atom. The predicted octanol–water partition coefficient (Wildman–Crippen LogP) is 0.815. The highest BCUT2D eigenvalue weighted by atomic mass is 16.5. The van der Waals surface area contributed by atoms with Crippen molar-refractivity contribution in [2.75, 3.05) is 13.7 Å². The molecule has 0 bridgehead atoms. The first-order valence-corrected chi connectivity index (χ1v) is 4.90. The monoisotopic (exact) mass is 220 g/mol. The summed E-state index contributed by atoms with van der Waals surface area (Å²) >= 11 is 0. The molecule has 1 aromatic carbocycles. The summed E-state index contributed by atoms with van der Waals surface area (Å²) in [7, 11) is 1.34. The second-order valence-electron chi connectivity index (χ2n) is 3.36. The number of hydrogen-bond acceptors (Lipinski definition) is 4. The number of aliphatic hydroxyl groups is 1. The fourth-order valence-electron chi connectivity index (χ4n) is 1.59. The molecule has 0 saturated carbocycles. The molecular weight excluding hydrogens is 208 g/mol. The van der Waals surface area contributed by atoms with Crippen LogP contribution in [0.2, 0.25) is 0 Å². The van der Waals surface area contributed by atoms with E-state index in [1.807, 2.05) is 4.57 Å². The van der Waals surface area contributed by atoms with Gasteiger partial charge in [-0.15, -0.1) is 0 Å². The quantitative estimate of drug-likeness (QED) is 0.777. The Morgan fingerprint density at radius 1 is 1.56 bits per heavy atom. The van der Waals surface area contributed by atoms with Gasteiger partial charge in [-0.2, -0.15) is 0 Å². The summed E-state index contributed by atoms with van der Waals surface area (Å²) in [6, 6.07) is 5.16. The van der Waals surface area contributed by atoms with E-state index in [1.54, 1.807) is 24.5 Å². The van der Waals surface area contributed by atoms with Gasteiger partial charge >= 0.3 is 5.97 Å². The standard InChI is InChI=1S/C11H12N2O3/c1-16-11(15)8-2-3-10-9(6-8)12-7-13(10)4-5-14/h2-3,6-7,14H,4-5H2,1H3.